The van der Waals surface area contributed by atoms with Gasteiger partial charge in [-0.2, -0.15) is 0 Å². The Hall–Kier alpha value is -3.06. The molecular weight excluding hydrogens is 368 g/mol. The van der Waals surface area contributed by atoms with Gasteiger partial charge in [0.2, 0.25) is 0 Å². The summed E-state index contributed by atoms with van der Waals surface area (Å²) in [7, 11) is 0. The number of rotatable bonds is 4. The lowest BCUT2D eigenvalue weighted by atomic mass is 10.1. The highest BCUT2D eigenvalue weighted by molar-refractivity contribution is 6.30. The molecule has 3 heterocycles. The molecule has 3 aromatic rings. The van der Waals surface area contributed by atoms with Crippen molar-refractivity contribution in [1.82, 2.24) is 14.7 Å². The molecular formula is C19H17ClN4O3. The van der Waals surface area contributed by atoms with Gasteiger partial charge in [-0.15, -0.1) is 0 Å². The van der Waals surface area contributed by atoms with E-state index in [0.29, 0.717) is 40.8 Å². The number of hydrogen-bond acceptors (Lipinski definition) is 5. The van der Waals surface area contributed by atoms with Crippen LogP contribution < -0.4 is 15.4 Å². The number of aryl methyl sites for hydroxylation is 1. The molecule has 4 rings (SSSR count). The van der Waals surface area contributed by atoms with Crippen LogP contribution in [0.2, 0.25) is 5.02 Å². The number of halogens is 1. The van der Waals surface area contributed by atoms with E-state index in [1.807, 2.05) is 19.1 Å². The molecule has 0 unspecified atom stereocenters. The molecule has 1 aliphatic rings. The number of ether oxygens (including phenoxy) is 1. The zero-order valence-corrected chi connectivity index (χ0v) is 15.3. The molecule has 2 N–H and O–H groups in total. The number of pyridine rings is 1. The van der Waals surface area contributed by atoms with E-state index < -0.39 is 0 Å². The van der Waals surface area contributed by atoms with Gasteiger partial charge in [-0.1, -0.05) is 24.6 Å². The van der Waals surface area contributed by atoms with Crippen LogP contribution in [0.5, 0.6) is 5.75 Å². The number of amides is 1. The number of carbonyl (C=O) groups excluding carboxylic acids is 2. The highest BCUT2D eigenvalue weighted by Gasteiger charge is 2.19. The summed E-state index contributed by atoms with van der Waals surface area (Å²) >= 11 is 6.02. The Morgan fingerprint density at radius 2 is 2.22 bits per heavy atom. The first kappa shape index (κ1) is 17.4. The monoisotopic (exact) mass is 384 g/mol. The first-order valence-corrected chi connectivity index (χ1v) is 8.95. The first-order chi connectivity index (χ1) is 13.0. The maximum Gasteiger partial charge on any atom is 0.330 e. The molecule has 0 aliphatic carbocycles. The summed E-state index contributed by atoms with van der Waals surface area (Å²) in [5.74, 6) is -0.0320. The third-order valence-electron chi connectivity index (χ3n) is 4.35. The second kappa shape index (κ2) is 6.92. The molecule has 0 spiro atoms. The van der Waals surface area contributed by atoms with E-state index in [-0.39, 0.29) is 18.4 Å². The average molecular weight is 385 g/mol. The summed E-state index contributed by atoms with van der Waals surface area (Å²) < 4.78 is 6.89. The van der Waals surface area contributed by atoms with E-state index in [1.54, 1.807) is 28.8 Å². The number of esters is 1. The van der Waals surface area contributed by atoms with Crippen molar-refractivity contribution in [2.24, 2.45) is 0 Å². The minimum atomic E-state index is -0.316. The third-order valence-corrected chi connectivity index (χ3v) is 4.59. The minimum Gasteiger partial charge on any atom is -0.423 e. The predicted molar refractivity (Wildman–Crippen MR) is 101 cm³/mol. The SMILES string of the molecule is CCc1nc2cc(Cl)ccn2c1C(=O)NCc1ccc2c(c1)NCC(=O)O2. The van der Waals surface area contributed by atoms with Gasteiger partial charge in [-0.3, -0.25) is 9.20 Å². The smallest absolute Gasteiger partial charge is 0.330 e. The summed E-state index contributed by atoms with van der Waals surface area (Å²) in [5, 5.41) is 6.51. The van der Waals surface area contributed by atoms with E-state index in [9.17, 15) is 9.59 Å². The maximum absolute atomic E-state index is 12.8. The number of imidazole rings is 1. The zero-order chi connectivity index (χ0) is 19.0. The number of anilines is 1. The van der Waals surface area contributed by atoms with Gasteiger partial charge in [0.25, 0.3) is 5.91 Å². The number of aromatic nitrogens is 2. The van der Waals surface area contributed by atoms with Crippen LogP contribution in [0.1, 0.15) is 28.7 Å². The van der Waals surface area contributed by atoms with Gasteiger partial charge >= 0.3 is 5.97 Å². The fourth-order valence-electron chi connectivity index (χ4n) is 3.06. The topological polar surface area (TPSA) is 84.7 Å². The molecule has 0 bridgehead atoms. The number of hydrogen-bond donors (Lipinski definition) is 2. The van der Waals surface area contributed by atoms with Gasteiger partial charge < -0.3 is 15.4 Å². The lowest BCUT2D eigenvalue weighted by Crippen LogP contribution is -2.26. The van der Waals surface area contributed by atoms with Crippen molar-refractivity contribution in [1.29, 1.82) is 0 Å². The highest BCUT2D eigenvalue weighted by atomic mass is 35.5. The van der Waals surface area contributed by atoms with Crippen molar-refractivity contribution in [2.75, 3.05) is 11.9 Å². The second-order valence-corrected chi connectivity index (χ2v) is 6.61. The molecule has 8 heteroatoms. The Labute approximate surface area is 160 Å². The van der Waals surface area contributed by atoms with Crippen LogP contribution >= 0.6 is 11.6 Å². The van der Waals surface area contributed by atoms with Crippen molar-refractivity contribution in [3.63, 3.8) is 0 Å². The number of carbonyl (C=O) groups is 2. The fourth-order valence-corrected chi connectivity index (χ4v) is 3.22. The molecule has 0 atom stereocenters. The quantitative estimate of drug-likeness (QED) is 0.533. The van der Waals surface area contributed by atoms with E-state index in [4.69, 9.17) is 16.3 Å². The van der Waals surface area contributed by atoms with Crippen LogP contribution in [0.3, 0.4) is 0 Å². The number of benzene rings is 1. The van der Waals surface area contributed by atoms with Gasteiger partial charge in [0, 0.05) is 23.8 Å². The molecule has 0 fully saturated rings. The van der Waals surface area contributed by atoms with Crippen LogP contribution in [-0.2, 0) is 17.8 Å². The van der Waals surface area contributed by atoms with Gasteiger partial charge in [0.1, 0.15) is 17.9 Å². The summed E-state index contributed by atoms with van der Waals surface area (Å²) in [6, 6.07) is 8.84. The number of nitrogens with zero attached hydrogens (tertiary/aromatic N) is 2. The van der Waals surface area contributed by atoms with Gasteiger partial charge in [-0.25, -0.2) is 9.78 Å². The van der Waals surface area contributed by atoms with Crippen molar-refractivity contribution in [2.45, 2.75) is 19.9 Å². The summed E-state index contributed by atoms with van der Waals surface area (Å²) in [6.07, 6.45) is 2.38. The van der Waals surface area contributed by atoms with Crippen LogP contribution in [0.4, 0.5) is 5.69 Å². The number of fused-ring (bicyclic) bond motifs is 2. The Morgan fingerprint density at radius 3 is 3.04 bits per heavy atom. The summed E-state index contributed by atoms with van der Waals surface area (Å²) in [5.41, 5.74) is 3.50. The van der Waals surface area contributed by atoms with E-state index in [1.165, 1.54) is 0 Å². The second-order valence-electron chi connectivity index (χ2n) is 6.17. The Balaban J connectivity index is 1.55. The fraction of sp³-hybridized carbons (Fsp3) is 0.211. The Kier molecular flexibility index (Phi) is 4.45. The van der Waals surface area contributed by atoms with Gasteiger partial charge in [-0.05, 0) is 30.2 Å². The zero-order valence-electron chi connectivity index (χ0n) is 14.6. The molecule has 1 aliphatic heterocycles. The summed E-state index contributed by atoms with van der Waals surface area (Å²) in [6.45, 7) is 2.43. The van der Waals surface area contributed by atoms with Crippen LogP contribution in [0.25, 0.3) is 5.65 Å². The summed E-state index contributed by atoms with van der Waals surface area (Å²) in [4.78, 5) is 28.6. The molecule has 138 valence electrons. The van der Waals surface area contributed by atoms with E-state index >= 15 is 0 Å². The normalized spacial score (nSPS) is 13.0. The predicted octanol–water partition coefficient (Wildman–Crippen LogP) is 2.81. The Morgan fingerprint density at radius 1 is 1.37 bits per heavy atom. The van der Waals surface area contributed by atoms with Crippen molar-refractivity contribution in [3.8, 4) is 5.75 Å². The molecule has 1 amide bonds. The molecule has 0 saturated heterocycles. The van der Waals surface area contributed by atoms with Crippen molar-refractivity contribution >= 4 is 34.8 Å². The molecule has 1 aromatic carbocycles. The average Bonchev–Trinajstić information content (AvgIpc) is 3.03. The van der Waals surface area contributed by atoms with Crippen LogP contribution in [-0.4, -0.2) is 27.8 Å². The van der Waals surface area contributed by atoms with E-state index in [0.717, 1.165) is 11.3 Å². The van der Waals surface area contributed by atoms with Crippen molar-refractivity contribution in [3.05, 3.63) is 58.5 Å². The maximum atomic E-state index is 12.8. The van der Waals surface area contributed by atoms with Gasteiger partial charge in [0.05, 0.1) is 11.4 Å². The third kappa shape index (κ3) is 3.33. The standard InChI is InChI=1S/C19H17ClN4O3/c1-2-13-18(24-6-5-12(20)8-16(24)23-13)19(26)22-9-11-3-4-15-14(7-11)21-10-17(25)27-15/h3-8,21H,2,9-10H2,1H3,(H,22,26). The lowest BCUT2D eigenvalue weighted by Gasteiger charge is -2.18. The molecule has 2 aromatic heterocycles. The Bertz CT molecular complexity index is 1060. The largest absolute Gasteiger partial charge is 0.423 e. The highest BCUT2D eigenvalue weighted by Crippen LogP contribution is 2.28. The lowest BCUT2D eigenvalue weighted by molar-refractivity contribution is -0.132. The van der Waals surface area contributed by atoms with E-state index in [2.05, 4.69) is 15.6 Å². The van der Waals surface area contributed by atoms with Crippen LogP contribution in [0.15, 0.2) is 36.5 Å². The van der Waals surface area contributed by atoms with Crippen molar-refractivity contribution < 1.29 is 14.3 Å². The molecule has 0 saturated carbocycles. The molecule has 0 radical (unpaired) electrons. The van der Waals surface area contributed by atoms with Crippen LogP contribution in [0, 0.1) is 0 Å². The van der Waals surface area contributed by atoms with Gasteiger partial charge in [0.15, 0.2) is 5.75 Å². The molecule has 7 nitrogen and oxygen atoms in total. The number of nitrogens with one attached hydrogen (secondary N) is 2. The first-order valence-electron chi connectivity index (χ1n) is 8.57. The molecule has 27 heavy (non-hydrogen) atoms. The minimum absolute atomic E-state index is 0.132.